The average molecular weight is 438 g/mol. The Morgan fingerprint density at radius 2 is 2.03 bits per heavy atom. The van der Waals surface area contributed by atoms with Crippen molar-refractivity contribution in [2.75, 3.05) is 19.6 Å². The third-order valence-electron chi connectivity index (χ3n) is 6.26. The molecule has 1 aliphatic carbocycles. The van der Waals surface area contributed by atoms with E-state index in [1.54, 1.807) is 12.4 Å². The minimum atomic E-state index is 0.278. The fourth-order valence-electron chi connectivity index (χ4n) is 4.11. The molecule has 2 heterocycles. The van der Waals surface area contributed by atoms with Gasteiger partial charge in [-0.1, -0.05) is 36.2 Å². The molecule has 2 aliphatic rings. The molecule has 0 bridgehead atoms. The number of allylic oxidation sites excluding steroid dienone is 4. The summed E-state index contributed by atoms with van der Waals surface area (Å²) >= 11 is 6.94. The summed E-state index contributed by atoms with van der Waals surface area (Å²) in [5.74, 6) is 0. The van der Waals surface area contributed by atoms with Crippen molar-refractivity contribution in [3.8, 4) is 0 Å². The quantitative estimate of drug-likeness (QED) is 0.605. The molecule has 1 saturated heterocycles. The Balaban J connectivity index is 1.59. The van der Waals surface area contributed by atoms with Crippen LogP contribution in [0.2, 0.25) is 0 Å². The summed E-state index contributed by atoms with van der Waals surface area (Å²) in [6, 6.07) is 6.23. The number of aromatic nitrogens is 2. The van der Waals surface area contributed by atoms with Gasteiger partial charge in [-0.25, -0.2) is 0 Å². The van der Waals surface area contributed by atoms with Crippen molar-refractivity contribution < 1.29 is 0 Å². The lowest BCUT2D eigenvalue weighted by Crippen LogP contribution is -2.52. The number of hydrogen-bond donors (Lipinski definition) is 2. The molecule has 1 aliphatic heterocycles. The number of hydrogen-bond acceptors (Lipinski definition) is 5. The molecule has 5 nitrogen and oxygen atoms in total. The average Bonchev–Trinajstić information content (AvgIpc) is 3.54. The second-order valence-corrected chi connectivity index (χ2v) is 9.01. The lowest BCUT2D eigenvalue weighted by molar-refractivity contribution is 0.235. The summed E-state index contributed by atoms with van der Waals surface area (Å²) in [6.45, 7) is 10.0. The largest absolute Gasteiger partial charge is 0.380 e. The van der Waals surface area contributed by atoms with Crippen LogP contribution in [0, 0.1) is 0 Å². The molecule has 0 atom stereocenters. The molecule has 2 fully saturated rings. The van der Waals surface area contributed by atoms with Crippen LogP contribution in [0.3, 0.4) is 0 Å². The van der Waals surface area contributed by atoms with Crippen molar-refractivity contribution in [1.29, 1.82) is 0 Å². The van der Waals surface area contributed by atoms with Crippen LogP contribution in [0.4, 0.5) is 0 Å². The molecule has 0 unspecified atom stereocenters. The molecule has 2 aromatic rings. The molecule has 6 heteroatoms. The van der Waals surface area contributed by atoms with E-state index < -0.39 is 0 Å². The standard InChI is InChI=1S/C25H32ClN5/c1-4-18(3)14-20(26)24(31-13-12-30-25(17-31)8-9-25)21(5-2)29-16-19-6-7-22-23(15-19)28-11-10-27-22/h5-7,10-11,14-15,29-30H,4,8-9,12-13,16-17H2,1-3H3/b18-14+,21-5+,24-20-. The first-order chi connectivity index (χ1) is 15.0. The lowest BCUT2D eigenvalue weighted by Gasteiger charge is -2.38. The van der Waals surface area contributed by atoms with Crippen molar-refractivity contribution in [2.45, 2.75) is 52.1 Å². The Bertz CT molecular complexity index is 1040. The van der Waals surface area contributed by atoms with Gasteiger partial charge in [0.05, 0.1) is 27.5 Å². The second kappa shape index (κ2) is 9.41. The first-order valence-electron chi connectivity index (χ1n) is 11.2. The topological polar surface area (TPSA) is 53.1 Å². The molecule has 164 valence electrons. The highest BCUT2D eigenvalue weighted by atomic mass is 35.5. The van der Waals surface area contributed by atoms with E-state index in [9.17, 15) is 0 Å². The monoisotopic (exact) mass is 437 g/mol. The van der Waals surface area contributed by atoms with E-state index >= 15 is 0 Å². The predicted molar refractivity (Wildman–Crippen MR) is 129 cm³/mol. The van der Waals surface area contributed by atoms with Crippen LogP contribution in [0.25, 0.3) is 11.0 Å². The van der Waals surface area contributed by atoms with Gasteiger partial charge < -0.3 is 15.5 Å². The fraction of sp³-hybridized carbons (Fsp3) is 0.440. The van der Waals surface area contributed by atoms with Crippen LogP contribution < -0.4 is 10.6 Å². The van der Waals surface area contributed by atoms with Crippen LogP contribution in [0.5, 0.6) is 0 Å². The maximum absolute atomic E-state index is 6.94. The third-order valence-corrected chi connectivity index (χ3v) is 6.55. The molecular weight excluding hydrogens is 406 g/mol. The summed E-state index contributed by atoms with van der Waals surface area (Å²) in [5, 5.41) is 8.16. The fourth-order valence-corrected chi connectivity index (χ4v) is 4.52. The van der Waals surface area contributed by atoms with Crippen molar-refractivity contribution in [3.63, 3.8) is 0 Å². The van der Waals surface area contributed by atoms with Crippen molar-refractivity contribution >= 4 is 22.6 Å². The number of nitrogens with zero attached hydrogens (tertiary/aromatic N) is 3. The van der Waals surface area contributed by atoms with Gasteiger partial charge >= 0.3 is 0 Å². The highest BCUT2D eigenvalue weighted by Crippen LogP contribution is 2.39. The van der Waals surface area contributed by atoms with Crippen LogP contribution >= 0.6 is 11.6 Å². The first kappa shape index (κ1) is 21.8. The predicted octanol–water partition coefficient (Wildman–Crippen LogP) is 4.87. The van der Waals surface area contributed by atoms with Gasteiger partial charge in [-0.15, -0.1) is 0 Å². The third kappa shape index (κ3) is 5.10. The summed E-state index contributed by atoms with van der Waals surface area (Å²) in [7, 11) is 0. The molecule has 1 spiro atoms. The maximum atomic E-state index is 6.94. The number of benzene rings is 1. The van der Waals surface area contributed by atoms with E-state index in [2.05, 4.69) is 70.6 Å². The molecule has 0 amide bonds. The highest BCUT2D eigenvalue weighted by Gasteiger charge is 2.46. The van der Waals surface area contributed by atoms with Crippen LogP contribution in [0.1, 0.15) is 45.6 Å². The van der Waals surface area contributed by atoms with E-state index in [4.69, 9.17) is 11.6 Å². The molecule has 1 saturated carbocycles. The normalized spacial score (nSPS) is 19.5. The number of rotatable bonds is 7. The van der Waals surface area contributed by atoms with Gasteiger partial charge in [0.25, 0.3) is 0 Å². The van der Waals surface area contributed by atoms with Crippen LogP contribution in [-0.2, 0) is 6.54 Å². The van der Waals surface area contributed by atoms with Crippen molar-refractivity contribution in [1.82, 2.24) is 25.5 Å². The van der Waals surface area contributed by atoms with Gasteiger partial charge in [0, 0.05) is 44.1 Å². The zero-order valence-corrected chi connectivity index (χ0v) is 19.5. The van der Waals surface area contributed by atoms with Gasteiger partial charge in [-0.2, -0.15) is 0 Å². The Morgan fingerprint density at radius 1 is 1.26 bits per heavy atom. The van der Waals surface area contributed by atoms with E-state index in [1.165, 1.54) is 24.0 Å². The highest BCUT2D eigenvalue weighted by molar-refractivity contribution is 6.31. The number of fused-ring (bicyclic) bond motifs is 1. The summed E-state index contributed by atoms with van der Waals surface area (Å²) in [6.07, 6.45) is 11.2. The van der Waals surface area contributed by atoms with Crippen LogP contribution in [0.15, 0.2) is 64.7 Å². The van der Waals surface area contributed by atoms with Crippen molar-refractivity contribution in [3.05, 3.63) is 70.3 Å². The van der Waals surface area contributed by atoms with Gasteiger partial charge in [-0.05, 0) is 56.9 Å². The van der Waals surface area contributed by atoms with Gasteiger partial charge in [-0.3, -0.25) is 9.97 Å². The maximum Gasteiger partial charge on any atom is 0.0890 e. The number of piperazine rings is 1. The first-order valence-corrected chi connectivity index (χ1v) is 11.6. The van der Waals surface area contributed by atoms with E-state index in [0.717, 1.165) is 53.5 Å². The molecule has 2 N–H and O–H groups in total. The molecule has 31 heavy (non-hydrogen) atoms. The minimum Gasteiger partial charge on any atom is -0.380 e. The zero-order valence-electron chi connectivity index (χ0n) is 18.7. The molecule has 4 rings (SSSR count). The van der Waals surface area contributed by atoms with Gasteiger partial charge in [0.1, 0.15) is 0 Å². The summed E-state index contributed by atoms with van der Waals surface area (Å²) in [4.78, 5) is 11.3. The minimum absolute atomic E-state index is 0.278. The summed E-state index contributed by atoms with van der Waals surface area (Å²) < 4.78 is 0. The SMILES string of the molecule is C\C=C(NCc1ccc2nccnc2c1)/C(=C(Cl)\C=C(/C)CC)N1CCNC2(CC2)C1. The Labute approximate surface area is 190 Å². The number of halogens is 1. The number of nitrogens with one attached hydrogen (secondary N) is 2. The molecular formula is C25H32ClN5. The van der Waals surface area contributed by atoms with E-state index in [-0.39, 0.29) is 5.54 Å². The van der Waals surface area contributed by atoms with Crippen molar-refractivity contribution in [2.24, 2.45) is 0 Å². The Hall–Kier alpha value is -2.37. The zero-order chi connectivity index (χ0) is 21.8. The van der Waals surface area contributed by atoms with E-state index in [1.807, 2.05) is 6.07 Å². The lowest BCUT2D eigenvalue weighted by atomic mass is 10.1. The molecule has 1 aromatic heterocycles. The van der Waals surface area contributed by atoms with Gasteiger partial charge in [0.2, 0.25) is 0 Å². The molecule has 1 aromatic carbocycles. The van der Waals surface area contributed by atoms with Crippen LogP contribution in [-0.4, -0.2) is 40.0 Å². The molecule has 0 radical (unpaired) electrons. The smallest absolute Gasteiger partial charge is 0.0890 e. The summed E-state index contributed by atoms with van der Waals surface area (Å²) in [5.41, 5.74) is 6.73. The Morgan fingerprint density at radius 3 is 2.74 bits per heavy atom. The second-order valence-electron chi connectivity index (χ2n) is 8.60. The Kier molecular flexibility index (Phi) is 6.63. The van der Waals surface area contributed by atoms with Gasteiger partial charge in [0.15, 0.2) is 0 Å². The van der Waals surface area contributed by atoms with E-state index in [0.29, 0.717) is 6.54 Å².